The Morgan fingerprint density at radius 3 is 2.10 bits per heavy atom. The van der Waals surface area contributed by atoms with Crippen molar-refractivity contribution in [3.05, 3.63) is 99.6 Å². The number of carbonyl (C=O) groups is 3. The van der Waals surface area contributed by atoms with E-state index in [1.54, 1.807) is 45.0 Å². The van der Waals surface area contributed by atoms with Crippen LogP contribution in [-0.4, -0.2) is 50.8 Å². The van der Waals surface area contributed by atoms with Crippen LogP contribution in [0.1, 0.15) is 37.5 Å². The Morgan fingerprint density at radius 1 is 0.881 bits per heavy atom. The second-order valence-electron chi connectivity index (χ2n) is 10.5. The van der Waals surface area contributed by atoms with Gasteiger partial charge < -0.3 is 30.3 Å². The molecule has 0 aromatic heterocycles. The number of benzene rings is 3. The van der Waals surface area contributed by atoms with Crippen LogP contribution in [0.15, 0.2) is 72.8 Å². The van der Waals surface area contributed by atoms with Crippen molar-refractivity contribution in [1.29, 1.82) is 0 Å². The molecule has 0 unspecified atom stereocenters. The Kier molecular flexibility index (Phi) is 10.4. The maximum absolute atomic E-state index is 13.3. The van der Waals surface area contributed by atoms with E-state index in [4.69, 9.17) is 9.47 Å². The number of aliphatic carboxylic acids is 1. The lowest BCUT2D eigenvalue weighted by molar-refractivity contribution is -0.385. The van der Waals surface area contributed by atoms with Gasteiger partial charge in [0.2, 0.25) is 5.91 Å². The number of carboxylic acids is 1. The van der Waals surface area contributed by atoms with Gasteiger partial charge in [-0.25, -0.2) is 9.59 Å². The first-order chi connectivity index (χ1) is 19.8. The second-order valence-corrected chi connectivity index (χ2v) is 10.5. The smallest absolute Gasteiger partial charge is 0.408 e. The van der Waals surface area contributed by atoms with Gasteiger partial charge >= 0.3 is 17.7 Å². The molecule has 4 N–H and O–H groups in total. The zero-order valence-corrected chi connectivity index (χ0v) is 23.4. The summed E-state index contributed by atoms with van der Waals surface area (Å²) in [6.07, 6.45) is -1.25. The first kappa shape index (κ1) is 31.4. The number of phenols is 1. The summed E-state index contributed by atoms with van der Waals surface area (Å²) in [5.41, 5.74) is 0.382. The molecule has 3 aromatic carbocycles. The predicted molar refractivity (Wildman–Crippen MR) is 152 cm³/mol. The van der Waals surface area contributed by atoms with E-state index in [0.29, 0.717) is 17.9 Å². The molecule has 222 valence electrons. The van der Waals surface area contributed by atoms with Crippen molar-refractivity contribution >= 4 is 23.7 Å². The maximum atomic E-state index is 13.3. The summed E-state index contributed by atoms with van der Waals surface area (Å²) in [5, 5.41) is 35.7. The third-order valence-electron chi connectivity index (χ3n) is 5.91. The fourth-order valence-corrected chi connectivity index (χ4v) is 3.91. The first-order valence-electron chi connectivity index (χ1n) is 13.1. The molecule has 0 fully saturated rings. The summed E-state index contributed by atoms with van der Waals surface area (Å²) in [6, 6.07) is 17.2. The van der Waals surface area contributed by atoms with E-state index in [1.807, 2.05) is 30.3 Å². The maximum Gasteiger partial charge on any atom is 0.408 e. The minimum Gasteiger partial charge on any atom is -0.502 e. The minimum absolute atomic E-state index is 0.0656. The van der Waals surface area contributed by atoms with Gasteiger partial charge in [0.25, 0.3) is 0 Å². The standard InChI is InChI=1S/C30H33N3O9/c1-30(2,3)42-29(38)32-23(16-21-11-14-26(34)25(17-21)33(39)40)27(35)31-24(28(36)37)15-19-9-12-22(13-10-19)41-18-20-7-5-4-6-8-20/h4-14,17,23-24,34H,15-16,18H2,1-3H3,(H,31,35)(H,32,38)(H,36,37)/t23-,24-/m0/s1. The van der Waals surface area contributed by atoms with Crippen LogP contribution in [0, 0.1) is 10.1 Å². The largest absolute Gasteiger partial charge is 0.502 e. The molecule has 12 nitrogen and oxygen atoms in total. The molecular weight excluding hydrogens is 546 g/mol. The summed E-state index contributed by atoms with van der Waals surface area (Å²) < 4.78 is 11.0. The number of nitro benzene ring substituents is 1. The van der Waals surface area contributed by atoms with Crippen LogP contribution < -0.4 is 15.4 Å². The van der Waals surface area contributed by atoms with Crippen molar-refractivity contribution in [3.8, 4) is 11.5 Å². The quantitative estimate of drug-likeness (QED) is 0.181. The Hall–Kier alpha value is -5.13. The molecule has 3 aromatic rings. The number of nitrogens with one attached hydrogen (secondary N) is 2. The van der Waals surface area contributed by atoms with Crippen molar-refractivity contribution in [1.82, 2.24) is 10.6 Å². The molecule has 0 saturated carbocycles. The fraction of sp³-hybridized carbons (Fsp3) is 0.300. The number of carbonyl (C=O) groups excluding carboxylic acids is 2. The Morgan fingerprint density at radius 2 is 1.50 bits per heavy atom. The average molecular weight is 580 g/mol. The number of amides is 2. The van der Waals surface area contributed by atoms with E-state index in [-0.39, 0.29) is 18.4 Å². The summed E-state index contributed by atoms with van der Waals surface area (Å²) in [7, 11) is 0. The zero-order chi connectivity index (χ0) is 30.9. The van der Waals surface area contributed by atoms with E-state index in [0.717, 1.165) is 17.7 Å². The molecule has 0 spiro atoms. The highest BCUT2D eigenvalue weighted by Gasteiger charge is 2.29. The van der Waals surface area contributed by atoms with Crippen molar-refractivity contribution in [2.45, 2.75) is 57.9 Å². The third kappa shape index (κ3) is 9.81. The summed E-state index contributed by atoms with van der Waals surface area (Å²) >= 11 is 0. The fourth-order valence-electron chi connectivity index (χ4n) is 3.91. The van der Waals surface area contributed by atoms with E-state index >= 15 is 0 Å². The molecule has 0 radical (unpaired) electrons. The number of hydrogen-bond acceptors (Lipinski definition) is 8. The van der Waals surface area contributed by atoms with Crippen molar-refractivity contribution in [2.24, 2.45) is 0 Å². The first-order valence-corrected chi connectivity index (χ1v) is 13.1. The van der Waals surface area contributed by atoms with Crippen LogP contribution in [0.2, 0.25) is 0 Å². The van der Waals surface area contributed by atoms with Gasteiger partial charge in [0.05, 0.1) is 4.92 Å². The molecule has 3 rings (SSSR count). The summed E-state index contributed by atoms with van der Waals surface area (Å²) in [4.78, 5) is 48.3. The van der Waals surface area contributed by atoms with Gasteiger partial charge in [0.1, 0.15) is 30.0 Å². The number of alkyl carbamates (subject to hydrolysis) is 1. The molecule has 2 atom stereocenters. The van der Waals surface area contributed by atoms with Crippen LogP contribution in [0.4, 0.5) is 10.5 Å². The van der Waals surface area contributed by atoms with E-state index in [2.05, 4.69) is 10.6 Å². The SMILES string of the molecule is CC(C)(C)OC(=O)N[C@@H](Cc1ccc(O)c([N+](=O)[O-])c1)C(=O)N[C@@H](Cc1ccc(OCc2ccccc2)cc1)C(=O)O. The number of hydrogen-bond donors (Lipinski definition) is 4. The Labute approximate surface area is 242 Å². The number of nitrogens with zero attached hydrogens (tertiary/aromatic N) is 1. The highest BCUT2D eigenvalue weighted by molar-refractivity contribution is 5.89. The molecule has 0 heterocycles. The van der Waals surface area contributed by atoms with Crippen molar-refractivity contribution in [3.63, 3.8) is 0 Å². The number of aromatic hydroxyl groups is 1. The highest BCUT2D eigenvalue weighted by Crippen LogP contribution is 2.27. The molecule has 0 bridgehead atoms. The molecule has 2 amide bonds. The third-order valence-corrected chi connectivity index (χ3v) is 5.91. The van der Waals surface area contributed by atoms with Gasteiger partial charge in [-0.05, 0) is 55.7 Å². The molecule has 12 heteroatoms. The molecule has 0 aliphatic rings. The molecule has 0 aliphatic heterocycles. The molecule has 0 aliphatic carbocycles. The predicted octanol–water partition coefficient (Wildman–Crippen LogP) is 4.13. The van der Waals surface area contributed by atoms with Gasteiger partial charge in [-0.15, -0.1) is 0 Å². The number of carboxylic acid groups (broad SMARTS) is 1. The van der Waals surface area contributed by atoms with E-state index in [1.165, 1.54) is 6.07 Å². The second kappa shape index (κ2) is 14.0. The van der Waals surface area contributed by atoms with Gasteiger partial charge in [-0.3, -0.25) is 14.9 Å². The van der Waals surface area contributed by atoms with Crippen LogP contribution in [-0.2, 0) is 33.8 Å². The molecule has 0 saturated heterocycles. The van der Waals surface area contributed by atoms with Crippen molar-refractivity contribution < 1.29 is 39.0 Å². The molecule has 42 heavy (non-hydrogen) atoms. The average Bonchev–Trinajstić information content (AvgIpc) is 2.92. The van der Waals surface area contributed by atoms with Crippen LogP contribution in [0.25, 0.3) is 0 Å². The lowest BCUT2D eigenvalue weighted by atomic mass is 10.0. The number of rotatable bonds is 12. The van der Waals surface area contributed by atoms with Crippen LogP contribution in [0.5, 0.6) is 11.5 Å². The number of ether oxygens (including phenoxy) is 2. The lowest BCUT2D eigenvalue weighted by Gasteiger charge is -2.24. The van der Waals surface area contributed by atoms with E-state index in [9.17, 15) is 34.7 Å². The Balaban J connectivity index is 1.73. The Bertz CT molecular complexity index is 1400. The monoisotopic (exact) mass is 579 g/mol. The van der Waals surface area contributed by atoms with E-state index < -0.39 is 52.0 Å². The topological polar surface area (TPSA) is 177 Å². The summed E-state index contributed by atoms with van der Waals surface area (Å²) in [6.45, 7) is 5.25. The number of nitro groups is 1. The minimum atomic E-state index is -1.36. The van der Waals surface area contributed by atoms with Gasteiger partial charge in [0, 0.05) is 18.9 Å². The van der Waals surface area contributed by atoms with Crippen LogP contribution >= 0.6 is 0 Å². The van der Waals surface area contributed by atoms with Gasteiger partial charge in [-0.2, -0.15) is 0 Å². The van der Waals surface area contributed by atoms with Crippen LogP contribution in [0.3, 0.4) is 0 Å². The lowest BCUT2D eigenvalue weighted by Crippen LogP contribution is -2.53. The normalized spacial score (nSPS) is 12.5. The van der Waals surface area contributed by atoms with Gasteiger partial charge in [0.15, 0.2) is 5.75 Å². The molecular formula is C30H33N3O9. The zero-order valence-electron chi connectivity index (χ0n) is 23.4. The number of phenolic OH excluding ortho intramolecular Hbond substituents is 1. The van der Waals surface area contributed by atoms with Gasteiger partial charge in [-0.1, -0.05) is 48.5 Å². The highest BCUT2D eigenvalue weighted by atomic mass is 16.6. The van der Waals surface area contributed by atoms with Crippen molar-refractivity contribution in [2.75, 3.05) is 0 Å². The summed E-state index contributed by atoms with van der Waals surface area (Å²) in [5.74, 6) is -2.12.